The number of hydrogen-bond acceptors (Lipinski definition) is 2. The van der Waals surface area contributed by atoms with Crippen LogP contribution in [0.15, 0.2) is 18.2 Å². The molecular formula is C11H10ClF3O2. The smallest absolute Gasteiger partial charge is 0.389 e. The molecule has 0 saturated heterocycles. The summed E-state index contributed by atoms with van der Waals surface area (Å²) in [5.41, 5.74) is 0.0803. The largest absolute Gasteiger partial charge is 0.497 e. The summed E-state index contributed by atoms with van der Waals surface area (Å²) in [7, 11) is 1.43. The lowest BCUT2D eigenvalue weighted by atomic mass is 10.1. The SMILES string of the molecule is COc1ccc(C(=O)CCC(F)(F)F)c(Cl)c1. The molecule has 0 aromatic heterocycles. The van der Waals surface area contributed by atoms with Crippen molar-refractivity contribution >= 4 is 17.4 Å². The third kappa shape index (κ3) is 4.26. The van der Waals surface area contributed by atoms with Gasteiger partial charge in [0.2, 0.25) is 0 Å². The van der Waals surface area contributed by atoms with Gasteiger partial charge < -0.3 is 4.74 Å². The first-order valence-corrected chi connectivity index (χ1v) is 5.15. The van der Waals surface area contributed by atoms with Crippen molar-refractivity contribution in [3.05, 3.63) is 28.8 Å². The molecule has 0 aliphatic heterocycles. The number of benzene rings is 1. The highest BCUT2D eigenvalue weighted by Gasteiger charge is 2.28. The molecule has 0 unspecified atom stereocenters. The minimum absolute atomic E-state index is 0.0803. The van der Waals surface area contributed by atoms with E-state index in [-0.39, 0.29) is 10.6 Å². The molecule has 0 fully saturated rings. The number of ether oxygens (including phenoxy) is 1. The molecule has 0 atom stereocenters. The summed E-state index contributed by atoms with van der Waals surface area (Å²) < 4.78 is 40.7. The molecule has 1 aromatic carbocycles. The van der Waals surface area contributed by atoms with Gasteiger partial charge >= 0.3 is 6.18 Å². The Balaban J connectivity index is 2.76. The highest BCUT2D eigenvalue weighted by Crippen LogP contribution is 2.26. The van der Waals surface area contributed by atoms with Gasteiger partial charge in [-0.1, -0.05) is 11.6 Å². The van der Waals surface area contributed by atoms with E-state index in [4.69, 9.17) is 16.3 Å². The van der Waals surface area contributed by atoms with Gasteiger partial charge in [-0.05, 0) is 18.2 Å². The molecule has 2 nitrogen and oxygen atoms in total. The highest BCUT2D eigenvalue weighted by atomic mass is 35.5. The molecule has 0 spiro atoms. The van der Waals surface area contributed by atoms with Gasteiger partial charge in [-0.3, -0.25) is 4.79 Å². The number of alkyl halides is 3. The summed E-state index contributed by atoms with van der Waals surface area (Å²) in [5, 5.41) is 0.0940. The second-order valence-electron chi connectivity index (χ2n) is 3.38. The number of methoxy groups -OCH3 is 1. The Bertz CT molecular complexity index is 416. The maximum absolute atomic E-state index is 11.9. The summed E-state index contributed by atoms with van der Waals surface area (Å²) in [4.78, 5) is 11.5. The van der Waals surface area contributed by atoms with Gasteiger partial charge in [0.1, 0.15) is 5.75 Å². The van der Waals surface area contributed by atoms with Crippen LogP contribution in [0, 0.1) is 0 Å². The van der Waals surface area contributed by atoms with Crippen LogP contribution in [0.4, 0.5) is 13.2 Å². The maximum Gasteiger partial charge on any atom is 0.389 e. The number of hydrogen-bond donors (Lipinski definition) is 0. The summed E-state index contributed by atoms with van der Waals surface area (Å²) in [6, 6.07) is 4.23. The van der Waals surface area contributed by atoms with Gasteiger partial charge in [-0.25, -0.2) is 0 Å². The van der Waals surface area contributed by atoms with E-state index in [1.165, 1.54) is 25.3 Å². The Morgan fingerprint density at radius 2 is 2.06 bits per heavy atom. The standard InChI is InChI=1S/C11H10ClF3O2/c1-17-7-2-3-8(9(12)6-7)10(16)4-5-11(13,14)15/h2-3,6H,4-5H2,1H3. The zero-order valence-electron chi connectivity index (χ0n) is 8.97. The van der Waals surface area contributed by atoms with Crippen LogP contribution in [-0.2, 0) is 0 Å². The lowest BCUT2D eigenvalue weighted by Gasteiger charge is -2.07. The third-order valence-electron chi connectivity index (χ3n) is 2.11. The van der Waals surface area contributed by atoms with Crippen molar-refractivity contribution in [2.24, 2.45) is 0 Å². The minimum Gasteiger partial charge on any atom is -0.497 e. The molecule has 0 aliphatic carbocycles. The molecule has 0 N–H and O–H groups in total. The lowest BCUT2D eigenvalue weighted by molar-refractivity contribution is -0.133. The van der Waals surface area contributed by atoms with Gasteiger partial charge in [0.15, 0.2) is 5.78 Å². The Hall–Kier alpha value is -1.23. The number of carbonyl (C=O) groups is 1. The Kier molecular flexibility index (Phi) is 4.40. The molecule has 0 radical (unpaired) electrons. The van der Waals surface area contributed by atoms with Crippen LogP contribution in [0.25, 0.3) is 0 Å². The maximum atomic E-state index is 11.9. The Morgan fingerprint density at radius 1 is 1.41 bits per heavy atom. The van der Waals surface area contributed by atoms with E-state index < -0.39 is 24.8 Å². The molecule has 0 heterocycles. The number of rotatable bonds is 4. The van der Waals surface area contributed by atoms with Crippen LogP contribution in [-0.4, -0.2) is 19.1 Å². The van der Waals surface area contributed by atoms with Crippen LogP contribution >= 0.6 is 11.6 Å². The first kappa shape index (κ1) is 13.8. The summed E-state index contributed by atoms with van der Waals surface area (Å²) in [5.74, 6) is -0.183. The summed E-state index contributed by atoms with van der Waals surface area (Å²) in [6.45, 7) is 0. The molecule has 6 heteroatoms. The second kappa shape index (κ2) is 5.40. The fourth-order valence-corrected chi connectivity index (χ4v) is 1.51. The van der Waals surface area contributed by atoms with Crippen molar-refractivity contribution in [1.82, 2.24) is 0 Å². The summed E-state index contributed by atoms with van der Waals surface area (Å²) >= 11 is 5.77. The second-order valence-corrected chi connectivity index (χ2v) is 3.79. The van der Waals surface area contributed by atoms with Gasteiger partial charge in [0.25, 0.3) is 0 Å². The monoisotopic (exact) mass is 266 g/mol. The minimum atomic E-state index is -4.34. The molecule has 0 amide bonds. The molecule has 17 heavy (non-hydrogen) atoms. The average Bonchev–Trinajstić information content (AvgIpc) is 2.24. The fourth-order valence-electron chi connectivity index (χ4n) is 1.24. The number of ketones is 1. The van der Waals surface area contributed by atoms with Crippen molar-refractivity contribution in [2.45, 2.75) is 19.0 Å². The molecule has 1 rings (SSSR count). The molecule has 0 bridgehead atoms. The molecule has 0 aliphatic rings. The number of carbonyl (C=O) groups excluding carboxylic acids is 1. The van der Waals surface area contributed by atoms with Crippen molar-refractivity contribution < 1.29 is 22.7 Å². The van der Waals surface area contributed by atoms with E-state index in [2.05, 4.69) is 0 Å². The van der Waals surface area contributed by atoms with Crippen LogP contribution in [0.5, 0.6) is 5.75 Å². The molecule has 94 valence electrons. The fraction of sp³-hybridized carbons (Fsp3) is 0.364. The van der Waals surface area contributed by atoms with Crippen LogP contribution < -0.4 is 4.74 Å². The van der Waals surface area contributed by atoms with Crippen LogP contribution in [0.1, 0.15) is 23.2 Å². The zero-order valence-corrected chi connectivity index (χ0v) is 9.73. The lowest BCUT2D eigenvalue weighted by Crippen LogP contribution is -2.11. The van der Waals surface area contributed by atoms with E-state index in [9.17, 15) is 18.0 Å². The first-order valence-electron chi connectivity index (χ1n) is 4.77. The van der Waals surface area contributed by atoms with Gasteiger partial charge in [0, 0.05) is 12.0 Å². The zero-order chi connectivity index (χ0) is 13.1. The normalized spacial score (nSPS) is 11.4. The van der Waals surface area contributed by atoms with E-state index >= 15 is 0 Å². The topological polar surface area (TPSA) is 26.3 Å². The van der Waals surface area contributed by atoms with Gasteiger partial charge in [-0.15, -0.1) is 0 Å². The number of Topliss-reactive ketones (excluding diaryl/α,β-unsaturated/α-hetero) is 1. The highest BCUT2D eigenvalue weighted by molar-refractivity contribution is 6.34. The van der Waals surface area contributed by atoms with Gasteiger partial charge in [-0.2, -0.15) is 13.2 Å². The van der Waals surface area contributed by atoms with E-state index in [1.807, 2.05) is 0 Å². The van der Waals surface area contributed by atoms with E-state index in [0.29, 0.717) is 5.75 Å². The van der Waals surface area contributed by atoms with Crippen molar-refractivity contribution in [2.75, 3.05) is 7.11 Å². The van der Waals surface area contributed by atoms with Crippen molar-refractivity contribution in [1.29, 1.82) is 0 Å². The predicted octanol–water partition coefficient (Wildman–Crippen LogP) is 3.87. The van der Waals surface area contributed by atoms with Crippen LogP contribution in [0.3, 0.4) is 0 Å². The predicted molar refractivity (Wildman–Crippen MR) is 57.6 cm³/mol. The average molecular weight is 267 g/mol. The summed E-state index contributed by atoms with van der Waals surface area (Å²) in [6.07, 6.45) is -6.08. The van der Waals surface area contributed by atoms with E-state index in [1.54, 1.807) is 0 Å². The van der Waals surface area contributed by atoms with E-state index in [0.717, 1.165) is 0 Å². The Morgan fingerprint density at radius 3 is 2.53 bits per heavy atom. The third-order valence-corrected chi connectivity index (χ3v) is 2.42. The Labute approximate surface area is 101 Å². The molecular weight excluding hydrogens is 257 g/mol. The van der Waals surface area contributed by atoms with Crippen molar-refractivity contribution in [3.8, 4) is 5.75 Å². The quantitative estimate of drug-likeness (QED) is 0.773. The first-order chi connectivity index (χ1) is 7.83. The molecule has 1 aromatic rings. The number of halogens is 4. The van der Waals surface area contributed by atoms with Gasteiger partial charge in [0.05, 0.1) is 18.6 Å². The molecule has 0 saturated carbocycles. The van der Waals surface area contributed by atoms with Crippen LogP contribution in [0.2, 0.25) is 5.02 Å². The van der Waals surface area contributed by atoms with Crippen molar-refractivity contribution in [3.63, 3.8) is 0 Å².